The van der Waals surface area contributed by atoms with Crippen LogP contribution in [0, 0.1) is 0 Å². The number of benzene rings is 2. The first-order valence-corrected chi connectivity index (χ1v) is 12.0. The van der Waals surface area contributed by atoms with Gasteiger partial charge in [0, 0.05) is 12.6 Å². The third-order valence-electron chi connectivity index (χ3n) is 6.11. The first kappa shape index (κ1) is 24.1. The van der Waals surface area contributed by atoms with Crippen molar-refractivity contribution in [2.45, 2.75) is 57.0 Å². The fraction of sp³-hybridized carbons (Fsp3) is 0.462. The fourth-order valence-electron chi connectivity index (χ4n) is 4.33. The molecule has 0 radical (unpaired) electrons. The number of nitrogens with one attached hydrogen (secondary N) is 1. The largest absolute Gasteiger partial charge is 0.497 e. The number of methoxy groups -OCH3 is 1. The van der Waals surface area contributed by atoms with Crippen molar-refractivity contribution in [2.75, 3.05) is 19.5 Å². The monoisotopic (exact) mass is 456 g/mol. The van der Waals surface area contributed by atoms with Crippen molar-refractivity contribution >= 4 is 23.4 Å². The lowest BCUT2D eigenvalue weighted by molar-refractivity contribution is -0.139. The standard InChI is InChI=1S/C26H33ClN2O3/c1-32-23-15-13-21(14-16-23)25(26(31)28-22-11-7-2-3-8-12-22)29(24(30)19-27)18-17-20-9-5-4-6-10-20/h4-6,9-10,13-16,22,25H,2-3,7-8,11-12,17-19H2,1H3,(H,28,31)/t25-/m0/s1. The molecular weight excluding hydrogens is 424 g/mol. The van der Waals surface area contributed by atoms with Gasteiger partial charge >= 0.3 is 0 Å². The highest BCUT2D eigenvalue weighted by Crippen LogP contribution is 2.26. The fourth-order valence-corrected chi connectivity index (χ4v) is 4.49. The van der Waals surface area contributed by atoms with Gasteiger partial charge in [-0.25, -0.2) is 0 Å². The van der Waals surface area contributed by atoms with Crippen LogP contribution in [-0.4, -0.2) is 42.3 Å². The summed E-state index contributed by atoms with van der Waals surface area (Å²) in [5.74, 6) is 0.141. The molecule has 1 saturated carbocycles. The number of carbonyl (C=O) groups excluding carboxylic acids is 2. The van der Waals surface area contributed by atoms with Gasteiger partial charge < -0.3 is 15.0 Å². The highest BCUT2D eigenvalue weighted by molar-refractivity contribution is 6.27. The van der Waals surface area contributed by atoms with E-state index in [-0.39, 0.29) is 23.7 Å². The summed E-state index contributed by atoms with van der Waals surface area (Å²) in [6.45, 7) is 0.407. The normalized spacial score (nSPS) is 15.4. The highest BCUT2D eigenvalue weighted by atomic mass is 35.5. The van der Waals surface area contributed by atoms with E-state index in [2.05, 4.69) is 5.32 Å². The molecule has 1 aliphatic rings. The number of rotatable bonds is 9. The minimum atomic E-state index is -0.737. The Hall–Kier alpha value is -2.53. The van der Waals surface area contributed by atoms with Gasteiger partial charge in [-0.15, -0.1) is 11.6 Å². The van der Waals surface area contributed by atoms with E-state index >= 15 is 0 Å². The molecule has 2 aromatic rings. The number of hydrogen-bond acceptors (Lipinski definition) is 3. The van der Waals surface area contributed by atoms with Gasteiger partial charge in [0.1, 0.15) is 17.7 Å². The second-order valence-corrected chi connectivity index (χ2v) is 8.60. The maximum absolute atomic E-state index is 13.6. The van der Waals surface area contributed by atoms with E-state index in [1.807, 2.05) is 54.6 Å². The van der Waals surface area contributed by atoms with Crippen molar-refractivity contribution < 1.29 is 14.3 Å². The molecule has 1 atom stereocenters. The molecule has 0 saturated heterocycles. The summed E-state index contributed by atoms with van der Waals surface area (Å²) in [4.78, 5) is 28.1. The number of amides is 2. The third-order valence-corrected chi connectivity index (χ3v) is 6.34. The van der Waals surface area contributed by atoms with Gasteiger partial charge in [0.25, 0.3) is 0 Å². The molecule has 0 spiro atoms. The van der Waals surface area contributed by atoms with Gasteiger partial charge in [-0.3, -0.25) is 9.59 Å². The number of carbonyl (C=O) groups is 2. The summed E-state index contributed by atoms with van der Waals surface area (Å²) < 4.78 is 5.28. The molecule has 3 rings (SSSR count). The predicted molar refractivity (Wildman–Crippen MR) is 128 cm³/mol. The Morgan fingerprint density at radius 1 is 1.03 bits per heavy atom. The second kappa shape index (κ2) is 12.5. The van der Waals surface area contributed by atoms with Crippen LogP contribution in [0.25, 0.3) is 0 Å². The van der Waals surface area contributed by atoms with Crippen molar-refractivity contribution in [3.63, 3.8) is 0 Å². The molecule has 0 aromatic heterocycles. The van der Waals surface area contributed by atoms with Crippen LogP contribution < -0.4 is 10.1 Å². The zero-order valence-electron chi connectivity index (χ0n) is 18.8. The van der Waals surface area contributed by atoms with E-state index in [0.29, 0.717) is 18.7 Å². The zero-order valence-corrected chi connectivity index (χ0v) is 19.5. The molecule has 0 bridgehead atoms. The topological polar surface area (TPSA) is 58.6 Å². The number of nitrogens with zero attached hydrogens (tertiary/aromatic N) is 1. The molecule has 6 heteroatoms. The number of ether oxygens (including phenoxy) is 1. The lowest BCUT2D eigenvalue weighted by atomic mass is 10.0. The smallest absolute Gasteiger partial charge is 0.247 e. The van der Waals surface area contributed by atoms with Crippen molar-refractivity contribution in [1.82, 2.24) is 10.2 Å². The van der Waals surface area contributed by atoms with E-state index in [1.54, 1.807) is 12.0 Å². The van der Waals surface area contributed by atoms with Crippen LogP contribution in [0.15, 0.2) is 54.6 Å². The molecule has 2 amide bonds. The second-order valence-electron chi connectivity index (χ2n) is 8.33. The third kappa shape index (κ3) is 6.73. The van der Waals surface area contributed by atoms with Crippen molar-refractivity contribution in [3.8, 4) is 5.75 Å². The first-order chi connectivity index (χ1) is 15.6. The SMILES string of the molecule is COc1ccc([C@@H](C(=O)NC2CCCCCC2)N(CCc2ccccc2)C(=O)CCl)cc1. The minimum absolute atomic E-state index is 0.145. The average Bonchev–Trinajstić information content (AvgIpc) is 3.10. The molecule has 0 aliphatic heterocycles. The van der Waals surface area contributed by atoms with Crippen LogP contribution in [0.3, 0.4) is 0 Å². The summed E-state index contributed by atoms with van der Waals surface area (Å²) in [5, 5.41) is 3.24. The van der Waals surface area contributed by atoms with Crippen LogP contribution in [0.2, 0.25) is 0 Å². The van der Waals surface area contributed by atoms with Crippen molar-refractivity contribution in [3.05, 3.63) is 65.7 Å². The Bertz CT molecular complexity index is 849. The summed E-state index contributed by atoms with van der Waals surface area (Å²) in [7, 11) is 1.61. The van der Waals surface area contributed by atoms with E-state index in [1.165, 1.54) is 12.8 Å². The van der Waals surface area contributed by atoms with Crippen molar-refractivity contribution in [2.24, 2.45) is 0 Å². The van der Waals surface area contributed by atoms with Crippen molar-refractivity contribution in [1.29, 1.82) is 0 Å². The molecule has 0 heterocycles. The number of halogens is 1. The van der Waals surface area contributed by atoms with Crippen LogP contribution in [0.1, 0.15) is 55.7 Å². The maximum atomic E-state index is 13.6. The maximum Gasteiger partial charge on any atom is 0.247 e. The minimum Gasteiger partial charge on any atom is -0.497 e. The van der Waals surface area contributed by atoms with Gasteiger partial charge in [-0.1, -0.05) is 68.1 Å². The lowest BCUT2D eigenvalue weighted by Crippen LogP contribution is -2.47. The van der Waals surface area contributed by atoms with Crippen LogP contribution in [0.4, 0.5) is 0 Å². The van der Waals surface area contributed by atoms with Gasteiger partial charge in [-0.05, 0) is 42.5 Å². The van der Waals surface area contributed by atoms with Crippen LogP contribution in [0.5, 0.6) is 5.75 Å². The molecule has 0 unspecified atom stereocenters. The average molecular weight is 457 g/mol. The predicted octanol–water partition coefficient (Wildman–Crippen LogP) is 4.89. The molecular formula is C26H33ClN2O3. The Labute approximate surface area is 196 Å². The molecule has 32 heavy (non-hydrogen) atoms. The Morgan fingerprint density at radius 2 is 1.69 bits per heavy atom. The molecule has 2 aromatic carbocycles. The van der Waals surface area contributed by atoms with Crippen LogP contribution >= 0.6 is 11.6 Å². The van der Waals surface area contributed by atoms with E-state index in [4.69, 9.17) is 16.3 Å². The van der Waals surface area contributed by atoms with E-state index in [9.17, 15) is 9.59 Å². The molecule has 1 fully saturated rings. The molecule has 1 aliphatic carbocycles. The summed E-state index contributed by atoms with van der Waals surface area (Å²) >= 11 is 5.98. The number of alkyl halides is 1. The molecule has 1 N–H and O–H groups in total. The first-order valence-electron chi connectivity index (χ1n) is 11.5. The highest BCUT2D eigenvalue weighted by Gasteiger charge is 2.32. The quantitative estimate of drug-likeness (QED) is 0.432. The molecule has 5 nitrogen and oxygen atoms in total. The van der Waals surface area contributed by atoms with E-state index < -0.39 is 6.04 Å². The zero-order chi connectivity index (χ0) is 22.8. The summed E-state index contributed by atoms with van der Waals surface area (Å²) in [6.07, 6.45) is 7.27. The summed E-state index contributed by atoms with van der Waals surface area (Å²) in [5.41, 5.74) is 1.86. The van der Waals surface area contributed by atoms with Crippen LogP contribution in [-0.2, 0) is 16.0 Å². The molecule has 172 valence electrons. The van der Waals surface area contributed by atoms with Gasteiger partial charge in [0.05, 0.1) is 7.11 Å². The Balaban J connectivity index is 1.87. The Kier molecular flexibility index (Phi) is 9.42. The lowest BCUT2D eigenvalue weighted by Gasteiger charge is -2.32. The number of hydrogen-bond donors (Lipinski definition) is 1. The summed E-state index contributed by atoms with van der Waals surface area (Å²) in [6, 6.07) is 16.7. The van der Waals surface area contributed by atoms with Gasteiger partial charge in [0.15, 0.2) is 0 Å². The van der Waals surface area contributed by atoms with Gasteiger partial charge in [-0.2, -0.15) is 0 Å². The Morgan fingerprint density at radius 3 is 2.28 bits per heavy atom. The van der Waals surface area contributed by atoms with E-state index in [0.717, 1.165) is 36.8 Å². The van der Waals surface area contributed by atoms with Gasteiger partial charge in [0.2, 0.25) is 11.8 Å².